The van der Waals surface area contributed by atoms with Crippen LogP contribution < -0.4 is 10.6 Å². The Bertz CT molecular complexity index is 619. The van der Waals surface area contributed by atoms with Crippen molar-refractivity contribution in [1.82, 2.24) is 4.90 Å². The third-order valence-electron chi connectivity index (χ3n) is 3.90. The SMILES string of the molecule is CC(C)(C)OC(=O)N1CCN(c2ccc(C(F)(F)F)cc2CN)CC1. The van der Waals surface area contributed by atoms with Crippen molar-refractivity contribution >= 4 is 11.8 Å². The zero-order valence-corrected chi connectivity index (χ0v) is 14.7. The van der Waals surface area contributed by atoms with Crippen LogP contribution in [0.15, 0.2) is 18.2 Å². The summed E-state index contributed by atoms with van der Waals surface area (Å²) in [5.74, 6) is 0. The Balaban J connectivity index is 2.07. The van der Waals surface area contributed by atoms with Gasteiger partial charge in [0.05, 0.1) is 5.56 Å². The lowest BCUT2D eigenvalue weighted by molar-refractivity contribution is -0.137. The average Bonchev–Trinajstić information content (AvgIpc) is 2.52. The van der Waals surface area contributed by atoms with Crippen LogP contribution >= 0.6 is 0 Å². The summed E-state index contributed by atoms with van der Waals surface area (Å²) in [6.07, 6.45) is -4.77. The van der Waals surface area contributed by atoms with Crippen molar-refractivity contribution in [1.29, 1.82) is 0 Å². The maximum atomic E-state index is 12.8. The Hall–Kier alpha value is -1.96. The molecule has 1 fully saturated rings. The number of halogens is 3. The predicted molar refractivity (Wildman–Crippen MR) is 89.4 cm³/mol. The molecule has 2 rings (SSSR count). The fourth-order valence-electron chi connectivity index (χ4n) is 2.69. The molecule has 25 heavy (non-hydrogen) atoms. The molecular formula is C17H24F3N3O2. The van der Waals surface area contributed by atoms with E-state index in [-0.39, 0.29) is 12.6 Å². The molecule has 1 amide bonds. The molecule has 0 bridgehead atoms. The number of rotatable bonds is 2. The molecule has 1 heterocycles. The van der Waals surface area contributed by atoms with Crippen LogP contribution in [0, 0.1) is 0 Å². The van der Waals surface area contributed by atoms with Crippen LogP contribution in [0.5, 0.6) is 0 Å². The summed E-state index contributed by atoms with van der Waals surface area (Å²) >= 11 is 0. The van der Waals surface area contributed by atoms with Crippen molar-refractivity contribution in [2.24, 2.45) is 5.73 Å². The van der Waals surface area contributed by atoms with Gasteiger partial charge in [0.15, 0.2) is 0 Å². The van der Waals surface area contributed by atoms with Crippen molar-refractivity contribution < 1.29 is 22.7 Å². The van der Waals surface area contributed by atoms with Gasteiger partial charge < -0.3 is 20.3 Å². The lowest BCUT2D eigenvalue weighted by atomic mass is 10.1. The standard InChI is InChI=1S/C17H24F3N3O2/c1-16(2,3)25-15(24)23-8-6-22(7-9-23)14-5-4-13(17(18,19)20)10-12(14)11-21/h4-5,10H,6-9,11,21H2,1-3H3. The van der Waals surface area contributed by atoms with Gasteiger partial charge in [0.25, 0.3) is 0 Å². The molecule has 1 aliphatic heterocycles. The van der Waals surface area contributed by atoms with E-state index < -0.39 is 17.3 Å². The second-order valence-corrected chi connectivity index (χ2v) is 7.00. The quantitative estimate of drug-likeness (QED) is 0.881. The van der Waals surface area contributed by atoms with Gasteiger partial charge in [-0.25, -0.2) is 4.79 Å². The monoisotopic (exact) mass is 359 g/mol. The van der Waals surface area contributed by atoms with Gasteiger partial charge in [-0.1, -0.05) is 0 Å². The molecule has 0 aromatic heterocycles. The summed E-state index contributed by atoms with van der Waals surface area (Å²) in [6, 6.07) is 3.61. The van der Waals surface area contributed by atoms with Gasteiger partial charge in [-0.15, -0.1) is 0 Å². The molecule has 0 saturated carbocycles. The number of carbonyl (C=O) groups is 1. The van der Waals surface area contributed by atoms with E-state index in [0.29, 0.717) is 37.4 Å². The molecule has 2 N–H and O–H groups in total. The summed E-state index contributed by atoms with van der Waals surface area (Å²) in [5, 5.41) is 0. The second-order valence-electron chi connectivity index (χ2n) is 7.00. The number of anilines is 1. The fraction of sp³-hybridized carbons (Fsp3) is 0.588. The molecule has 5 nitrogen and oxygen atoms in total. The van der Waals surface area contributed by atoms with E-state index in [9.17, 15) is 18.0 Å². The molecule has 0 aliphatic carbocycles. The third kappa shape index (κ3) is 5.01. The van der Waals surface area contributed by atoms with Gasteiger partial charge >= 0.3 is 12.3 Å². The van der Waals surface area contributed by atoms with Gasteiger partial charge in [0, 0.05) is 38.4 Å². The maximum Gasteiger partial charge on any atom is 0.416 e. The smallest absolute Gasteiger partial charge is 0.416 e. The molecule has 0 radical (unpaired) electrons. The summed E-state index contributed by atoms with van der Waals surface area (Å²) in [4.78, 5) is 15.6. The number of benzene rings is 1. The molecule has 1 aromatic carbocycles. The molecule has 1 saturated heterocycles. The number of alkyl halides is 3. The summed E-state index contributed by atoms with van der Waals surface area (Å²) < 4.78 is 43.9. The first-order valence-corrected chi connectivity index (χ1v) is 8.14. The van der Waals surface area contributed by atoms with Crippen LogP contribution in [0.3, 0.4) is 0 Å². The Kier molecular flexibility index (Phi) is 5.51. The van der Waals surface area contributed by atoms with Crippen LogP contribution in [-0.4, -0.2) is 42.8 Å². The molecule has 1 aromatic rings. The first-order valence-electron chi connectivity index (χ1n) is 8.14. The number of ether oxygens (including phenoxy) is 1. The molecule has 0 unspecified atom stereocenters. The number of hydrogen-bond acceptors (Lipinski definition) is 4. The molecule has 0 atom stereocenters. The van der Waals surface area contributed by atoms with Crippen LogP contribution in [0.1, 0.15) is 31.9 Å². The topological polar surface area (TPSA) is 58.8 Å². The Morgan fingerprint density at radius 1 is 1.16 bits per heavy atom. The summed E-state index contributed by atoms with van der Waals surface area (Å²) in [6.45, 7) is 7.34. The number of nitrogens with two attached hydrogens (primary N) is 1. The first kappa shape index (κ1) is 19.4. The van der Waals surface area contributed by atoms with E-state index in [0.717, 1.165) is 12.1 Å². The van der Waals surface area contributed by atoms with Gasteiger partial charge in [0.2, 0.25) is 0 Å². The van der Waals surface area contributed by atoms with E-state index in [4.69, 9.17) is 10.5 Å². The Morgan fingerprint density at radius 3 is 2.24 bits per heavy atom. The minimum absolute atomic E-state index is 0.0194. The number of carbonyl (C=O) groups excluding carboxylic acids is 1. The van der Waals surface area contributed by atoms with Crippen molar-refractivity contribution in [3.8, 4) is 0 Å². The summed E-state index contributed by atoms with van der Waals surface area (Å²) in [7, 11) is 0. The second kappa shape index (κ2) is 7.11. The highest BCUT2D eigenvalue weighted by molar-refractivity contribution is 5.69. The van der Waals surface area contributed by atoms with Crippen molar-refractivity contribution in [3.63, 3.8) is 0 Å². The first-order chi connectivity index (χ1) is 11.5. The number of piperazine rings is 1. The van der Waals surface area contributed by atoms with Gasteiger partial charge in [-0.3, -0.25) is 0 Å². The lowest BCUT2D eigenvalue weighted by Gasteiger charge is -2.37. The molecule has 1 aliphatic rings. The van der Waals surface area contributed by atoms with Crippen molar-refractivity contribution in [2.45, 2.75) is 39.1 Å². The lowest BCUT2D eigenvalue weighted by Crippen LogP contribution is -2.50. The van der Waals surface area contributed by atoms with E-state index in [1.807, 2.05) is 4.90 Å². The van der Waals surface area contributed by atoms with Crippen molar-refractivity contribution in [2.75, 3.05) is 31.1 Å². The normalized spacial score (nSPS) is 16.1. The van der Waals surface area contributed by atoms with E-state index >= 15 is 0 Å². The Morgan fingerprint density at radius 2 is 1.76 bits per heavy atom. The number of hydrogen-bond donors (Lipinski definition) is 1. The minimum atomic E-state index is -4.39. The molecule has 140 valence electrons. The zero-order valence-electron chi connectivity index (χ0n) is 14.7. The summed E-state index contributed by atoms with van der Waals surface area (Å²) in [5.41, 5.74) is 5.50. The number of amides is 1. The highest BCUT2D eigenvalue weighted by Gasteiger charge is 2.32. The Labute approximate surface area is 145 Å². The van der Waals surface area contributed by atoms with Crippen molar-refractivity contribution in [3.05, 3.63) is 29.3 Å². The highest BCUT2D eigenvalue weighted by atomic mass is 19.4. The van der Waals surface area contributed by atoms with Gasteiger partial charge in [0.1, 0.15) is 5.60 Å². The van der Waals surface area contributed by atoms with Crippen LogP contribution in [0.25, 0.3) is 0 Å². The third-order valence-corrected chi connectivity index (χ3v) is 3.90. The average molecular weight is 359 g/mol. The molecular weight excluding hydrogens is 335 g/mol. The van der Waals surface area contributed by atoms with Gasteiger partial charge in [-0.2, -0.15) is 13.2 Å². The highest BCUT2D eigenvalue weighted by Crippen LogP contribution is 2.33. The van der Waals surface area contributed by atoms with Crippen LogP contribution in [-0.2, 0) is 17.5 Å². The van der Waals surface area contributed by atoms with E-state index in [1.54, 1.807) is 25.7 Å². The molecule has 8 heteroatoms. The van der Waals surface area contributed by atoms with E-state index in [1.165, 1.54) is 6.07 Å². The fourth-order valence-corrected chi connectivity index (χ4v) is 2.69. The maximum absolute atomic E-state index is 12.8. The molecule has 0 spiro atoms. The van der Waals surface area contributed by atoms with Crippen LogP contribution in [0.4, 0.5) is 23.7 Å². The van der Waals surface area contributed by atoms with Gasteiger partial charge in [-0.05, 0) is 44.5 Å². The largest absolute Gasteiger partial charge is 0.444 e. The zero-order chi connectivity index (χ0) is 18.8. The van der Waals surface area contributed by atoms with Crippen LogP contribution in [0.2, 0.25) is 0 Å². The predicted octanol–water partition coefficient (Wildman–Crippen LogP) is 3.22. The minimum Gasteiger partial charge on any atom is -0.444 e. The van der Waals surface area contributed by atoms with E-state index in [2.05, 4.69) is 0 Å². The number of nitrogens with zero attached hydrogens (tertiary/aromatic N) is 2.